The molecule has 0 unspecified atom stereocenters. The van der Waals surface area contributed by atoms with E-state index >= 15 is 0 Å². The van der Waals surface area contributed by atoms with Gasteiger partial charge < -0.3 is 9.30 Å². The molecular formula is C33H30BrN5O2. The molecule has 2 aromatic heterocycles. The summed E-state index contributed by atoms with van der Waals surface area (Å²) in [7, 11) is 0. The molecule has 0 bridgehead atoms. The molecule has 2 heterocycles. The summed E-state index contributed by atoms with van der Waals surface area (Å²) in [5, 5.41) is 14.5. The summed E-state index contributed by atoms with van der Waals surface area (Å²) in [5.74, 6) is 1.31. The monoisotopic (exact) mass is 607 g/mol. The van der Waals surface area contributed by atoms with Gasteiger partial charge in [0.05, 0.1) is 28.8 Å². The molecule has 0 saturated heterocycles. The summed E-state index contributed by atoms with van der Waals surface area (Å²) >= 11 is 3.46. The normalized spacial score (nSPS) is 11.7. The fourth-order valence-electron chi connectivity index (χ4n) is 4.78. The largest absolute Gasteiger partial charge is 0.489 e. The lowest BCUT2D eigenvalue weighted by atomic mass is 9.95. The lowest BCUT2D eigenvalue weighted by molar-refractivity contribution is 0.306. The van der Waals surface area contributed by atoms with Gasteiger partial charge in [0.15, 0.2) is 0 Å². The number of fused-ring (bicyclic) bond motifs is 1. The molecular weight excluding hydrogens is 578 g/mol. The van der Waals surface area contributed by atoms with Gasteiger partial charge in [-0.3, -0.25) is 4.79 Å². The van der Waals surface area contributed by atoms with Gasteiger partial charge in [-0.15, -0.1) is 0 Å². The fraction of sp³-hybridized carbons (Fsp3) is 0.212. The lowest BCUT2D eigenvalue weighted by Gasteiger charge is -2.20. The summed E-state index contributed by atoms with van der Waals surface area (Å²) in [5.41, 5.74) is 5.41. The van der Waals surface area contributed by atoms with Gasteiger partial charge in [0.2, 0.25) is 0 Å². The Hall–Kier alpha value is -4.48. The number of hydrogen-bond donors (Lipinski definition) is 0. The summed E-state index contributed by atoms with van der Waals surface area (Å²) in [6, 6.07) is 25.0. The number of benzene rings is 3. The molecule has 5 rings (SSSR count). The SMILES string of the molecule is Cc1cc(C=Nn2c(C(C)(C)C)nc3ccc(Br)cc3c2=O)c(C)n1-c1ccc(OCc2ccccc2C#N)cc1. The third-order valence-corrected chi connectivity index (χ3v) is 7.38. The number of rotatable bonds is 6. The molecule has 0 aliphatic heterocycles. The molecule has 206 valence electrons. The highest BCUT2D eigenvalue weighted by atomic mass is 79.9. The van der Waals surface area contributed by atoms with Crippen LogP contribution in [0.3, 0.4) is 0 Å². The van der Waals surface area contributed by atoms with Crippen LogP contribution in [0.4, 0.5) is 0 Å². The van der Waals surface area contributed by atoms with Crippen molar-refractivity contribution in [3.63, 3.8) is 0 Å². The van der Waals surface area contributed by atoms with Crippen LogP contribution in [0.1, 0.15) is 54.7 Å². The zero-order valence-electron chi connectivity index (χ0n) is 23.6. The molecule has 0 amide bonds. The van der Waals surface area contributed by atoms with Crippen molar-refractivity contribution < 1.29 is 4.74 Å². The standard InChI is InChI=1S/C33H30BrN5O2/c1-21-16-25(19-36-39-31(40)29-17-26(34)10-15-30(29)37-32(39)33(3,4)5)22(2)38(21)27-11-13-28(14-12-27)41-20-24-9-7-6-8-23(24)18-35/h6-17,19H,20H2,1-5H3. The van der Waals surface area contributed by atoms with Crippen LogP contribution in [0.25, 0.3) is 16.6 Å². The maximum absolute atomic E-state index is 13.5. The quantitative estimate of drug-likeness (QED) is 0.191. The number of aromatic nitrogens is 3. The Balaban J connectivity index is 1.44. The van der Waals surface area contributed by atoms with E-state index in [1.54, 1.807) is 18.3 Å². The van der Waals surface area contributed by atoms with Crippen molar-refractivity contribution in [1.29, 1.82) is 5.26 Å². The fourth-order valence-corrected chi connectivity index (χ4v) is 5.15. The van der Waals surface area contributed by atoms with E-state index in [2.05, 4.69) is 37.7 Å². The van der Waals surface area contributed by atoms with E-state index < -0.39 is 5.41 Å². The summed E-state index contributed by atoms with van der Waals surface area (Å²) in [6.45, 7) is 10.4. The molecule has 5 aromatic rings. The van der Waals surface area contributed by atoms with Gasteiger partial charge in [-0.25, -0.2) is 4.98 Å². The molecule has 0 spiro atoms. The van der Waals surface area contributed by atoms with Gasteiger partial charge in [0.1, 0.15) is 18.2 Å². The summed E-state index contributed by atoms with van der Waals surface area (Å²) in [6.07, 6.45) is 1.73. The van der Waals surface area contributed by atoms with Crippen LogP contribution in [-0.4, -0.2) is 20.4 Å². The lowest BCUT2D eigenvalue weighted by Crippen LogP contribution is -2.29. The second-order valence-electron chi connectivity index (χ2n) is 10.9. The van der Waals surface area contributed by atoms with Gasteiger partial charge in [-0.1, -0.05) is 54.9 Å². The molecule has 0 saturated carbocycles. The smallest absolute Gasteiger partial charge is 0.282 e. The minimum atomic E-state index is -0.394. The van der Waals surface area contributed by atoms with Crippen LogP contribution in [0.2, 0.25) is 0 Å². The summed E-state index contributed by atoms with van der Waals surface area (Å²) < 4.78 is 10.3. The molecule has 8 heteroatoms. The van der Waals surface area contributed by atoms with Crippen LogP contribution >= 0.6 is 15.9 Å². The number of nitrogens with zero attached hydrogens (tertiary/aromatic N) is 5. The Morgan fingerprint density at radius 1 is 1.05 bits per heavy atom. The highest BCUT2D eigenvalue weighted by molar-refractivity contribution is 9.10. The third-order valence-electron chi connectivity index (χ3n) is 6.89. The Bertz CT molecular complexity index is 1890. The van der Waals surface area contributed by atoms with Gasteiger partial charge >= 0.3 is 0 Å². The van der Waals surface area contributed by atoms with E-state index in [0.717, 1.165) is 38.4 Å². The summed E-state index contributed by atoms with van der Waals surface area (Å²) in [4.78, 5) is 18.3. The molecule has 0 radical (unpaired) electrons. The second kappa shape index (κ2) is 11.2. The Morgan fingerprint density at radius 3 is 2.49 bits per heavy atom. The molecule has 0 aliphatic rings. The van der Waals surface area contributed by atoms with E-state index in [4.69, 9.17) is 9.72 Å². The predicted octanol–water partition coefficient (Wildman–Crippen LogP) is 7.20. The van der Waals surface area contributed by atoms with Gasteiger partial charge in [0.25, 0.3) is 5.56 Å². The average Bonchev–Trinajstić information content (AvgIpc) is 3.23. The van der Waals surface area contributed by atoms with E-state index in [9.17, 15) is 10.1 Å². The number of ether oxygens (including phenoxy) is 1. The maximum Gasteiger partial charge on any atom is 0.282 e. The molecule has 7 nitrogen and oxygen atoms in total. The van der Waals surface area contributed by atoms with E-state index in [1.807, 2.05) is 89.2 Å². The average molecular weight is 609 g/mol. The van der Waals surface area contributed by atoms with E-state index in [1.165, 1.54) is 4.68 Å². The van der Waals surface area contributed by atoms with Crippen molar-refractivity contribution in [2.45, 2.75) is 46.6 Å². The van der Waals surface area contributed by atoms with Crippen molar-refractivity contribution >= 4 is 33.0 Å². The van der Waals surface area contributed by atoms with Crippen LogP contribution in [-0.2, 0) is 12.0 Å². The van der Waals surface area contributed by atoms with Crippen molar-refractivity contribution in [2.75, 3.05) is 0 Å². The highest BCUT2D eigenvalue weighted by Crippen LogP contribution is 2.25. The van der Waals surface area contributed by atoms with E-state index in [-0.39, 0.29) is 5.56 Å². The van der Waals surface area contributed by atoms with Gasteiger partial charge in [-0.05, 0) is 68.4 Å². The number of aryl methyl sites for hydroxylation is 1. The first-order valence-corrected chi connectivity index (χ1v) is 14.0. The molecule has 0 aliphatic carbocycles. The number of hydrogen-bond acceptors (Lipinski definition) is 5. The first kappa shape index (κ1) is 28.1. The Kier molecular flexibility index (Phi) is 7.65. The number of nitriles is 1. The maximum atomic E-state index is 13.5. The van der Waals surface area contributed by atoms with Crippen molar-refractivity contribution in [3.8, 4) is 17.5 Å². The molecule has 0 fully saturated rings. The molecule has 41 heavy (non-hydrogen) atoms. The van der Waals surface area contributed by atoms with Crippen molar-refractivity contribution in [3.05, 3.63) is 122 Å². The first-order valence-electron chi connectivity index (χ1n) is 13.2. The van der Waals surface area contributed by atoms with Crippen LogP contribution in [0.15, 0.2) is 87.2 Å². The molecule has 3 aromatic carbocycles. The van der Waals surface area contributed by atoms with Crippen LogP contribution < -0.4 is 10.3 Å². The van der Waals surface area contributed by atoms with Gasteiger partial charge in [0, 0.05) is 38.1 Å². The third kappa shape index (κ3) is 5.72. The predicted molar refractivity (Wildman–Crippen MR) is 166 cm³/mol. The molecule has 0 N–H and O–H groups in total. The van der Waals surface area contributed by atoms with Crippen LogP contribution in [0, 0.1) is 25.2 Å². The minimum absolute atomic E-state index is 0.209. The zero-order chi connectivity index (χ0) is 29.3. The Morgan fingerprint density at radius 2 is 1.78 bits per heavy atom. The zero-order valence-corrected chi connectivity index (χ0v) is 25.2. The number of halogens is 1. The first-order chi connectivity index (χ1) is 19.6. The van der Waals surface area contributed by atoms with Gasteiger partial charge in [-0.2, -0.15) is 15.0 Å². The minimum Gasteiger partial charge on any atom is -0.489 e. The Labute approximate surface area is 247 Å². The second-order valence-corrected chi connectivity index (χ2v) is 11.8. The van der Waals surface area contributed by atoms with Crippen molar-refractivity contribution in [1.82, 2.24) is 14.2 Å². The van der Waals surface area contributed by atoms with E-state index in [0.29, 0.717) is 28.9 Å². The molecule has 0 atom stereocenters. The van der Waals surface area contributed by atoms with Crippen molar-refractivity contribution in [2.24, 2.45) is 5.10 Å². The van der Waals surface area contributed by atoms with Crippen LogP contribution in [0.5, 0.6) is 5.75 Å². The highest BCUT2D eigenvalue weighted by Gasteiger charge is 2.23. The topological polar surface area (TPSA) is 85.2 Å².